The summed E-state index contributed by atoms with van der Waals surface area (Å²) in [5.74, 6) is 1.31. The van der Waals surface area contributed by atoms with Crippen molar-refractivity contribution >= 4 is 18.0 Å². The molecular weight excluding hydrogens is 613 g/mol. The van der Waals surface area contributed by atoms with Crippen molar-refractivity contribution in [3.8, 4) is 17.0 Å². The van der Waals surface area contributed by atoms with E-state index in [0.29, 0.717) is 18.9 Å². The molecule has 3 N–H and O–H groups in total. The quantitative estimate of drug-likeness (QED) is 0.158. The Balaban J connectivity index is 1.12. The average molecular weight is 670 g/mol. The summed E-state index contributed by atoms with van der Waals surface area (Å²) in [4.78, 5) is 7.05. The third kappa shape index (κ3) is 7.17. The van der Waals surface area contributed by atoms with Crippen molar-refractivity contribution in [3.05, 3.63) is 60.7 Å². The van der Waals surface area contributed by atoms with E-state index in [9.17, 15) is 10.2 Å². The zero-order valence-electron chi connectivity index (χ0n) is 30.1. The first kappa shape index (κ1) is 34.9. The van der Waals surface area contributed by atoms with Gasteiger partial charge in [0.15, 0.2) is 0 Å². The third-order valence-corrected chi connectivity index (χ3v) is 12.4. The Morgan fingerprint density at radius 3 is 2.51 bits per heavy atom. The van der Waals surface area contributed by atoms with Gasteiger partial charge in [-0.1, -0.05) is 89.4 Å². The van der Waals surface area contributed by atoms with Crippen LogP contribution < -0.4 is 10.1 Å². The van der Waals surface area contributed by atoms with Gasteiger partial charge in [-0.25, -0.2) is 4.98 Å². The van der Waals surface area contributed by atoms with Crippen LogP contribution in [0.15, 0.2) is 60.7 Å². The summed E-state index contributed by atoms with van der Waals surface area (Å²) in [6, 6.07) is 20.0. The van der Waals surface area contributed by atoms with E-state index in [4.69, 9.17) is 19.0 Å². The summed E-state index contributed by atoms with van der Waals surface area (Å²) in [5, 5.41) is 28.3. The second-order valence-electron chi connectivity index (χ2n) is 16.3. The molecule has 49 heavy (non-hydrogen) atoms. The molecule has 1 aromatic heterocycles. The molecule has 3 heterocycles. The Morgan fingerprint density at radius 1 is 1.02 bits per heavy atom. The zero-order valence-corrected chi connectivity index (χ0v) is 30.1. The van der Waals surface area contributed by atoms with Gasteiger partial charge in [-0.15, -0.1) is 0 Å². The summed E-state index contributed by atoms with van der Waals surface area (Å²) in [7, 11) is -0.444. The number of hydrogen-bond donors (Lipinski definition) is 3. The SMILES string of the molecule is CCC(NC(O)[C@@H]1CC(Oc2cc(-c3ccccc3)nc3ccccc23)CN1C(O)C1CCCCC1)B1OC2C[C@H](C)C(C)(C)CC2(C)O1. The highest BCUT2D eigenvalue weighted by Gasteiger charge is 2.57. The minimum Gasteiger partial charge on any atom is -0.488 e. The molecule has 2 aliphatic heterocycles. The molecule has 2 saturated carbocycles. The summed E-state index contributed by atoms with van der Waals surface area (Å²) < 4.78 is 20.2. The number of aliphatic hydroxyl groups excluding tert-OH is 2. The Morgan fingerprint density at radius 2 is 1.76 bits per heavy atom. The van der Waals surface area contributed by atoms with E-state index >= 15 is 0 Å². The predicted octanol–water partition coefficient (Wildman–Crippen LogP) is 6.97. The third-order valence-electron chi connectivity index (χ3n) is 12.4. The molecule has 0 spiro atoms. The van der Waals surface area contributed by atoms with Crippen LogP contribution in [0.5, 0.6) is 5.75 Å². The minimum atomic E-state index is -0.899. The lowest BCUT2D eigenvalue weighted by molar-refractivity contribution is -0.0879. The molecule has 2 aromatic carbocycles. The number of likely N-dealkylation sites (tertiary alicyclic amines) is 1. The number of ether oxygens (including phenoxy) is 1. The number of aromatic nitrogens is 1. The maximum Gasteiger partial charge on any atom is 0.475 e. The van der Waals surface area contributed by atoms with Crippen LogP contribution in [0.25, 0.3) is 22.2 Å². The van der Waals surface area contributed by atoms with Crippen LogP contribution in [0.4, 0.5) is 0 Å². The minimum absolute atomic E-state index is 0.0402. The standard InChI is InChI=1S/C40H56BN3O5/c1-6-36(41-48-35-21-26(2)39(3,4)25-40(35,5)49-41)43-37(45)33-22-29(24-44(33)38(46)28-17-11-8-12-18-28)47-34-23-32(27-15-9-7-10-16-27)42-31-20-14-13-19-30(31)34/h7,9-10,13-16,19-20,23,26,28-29,33,35-38,43,45-46H,6,8,11-12,17-18,21-22,24-25H2,1-5H3/t26-,29?,33-,35?,36?,37?,38?,40?/m0/s1. The van der Waals surface area contributed by atoms with Gasteiger partial charge in [-0.2, -0.15) is 0 Å². The van der Waals surface area contributed by atoms with Crippen molar-refractivity contribution in [2.45, 2.75) is 135 Å². The van der Waals surface area contributed by atoms with Gasteiger partial charge in [-0.3, -0.25) is 10.2 Å². The van der Waals surface area contributed by atoms with Crippen molar-refractivity contribution in [3.63, 3.8) is 0 Å². The fourth-order valence-corrected chi connectivity index (χ4v) is 9.18. The molecule has 0 bridgehead atoms. The highest BCUT2D eigenvalue weighted by Crippen LogP contribution is 2.50. The van der Waals surface area contributed by atoms with Gasteiger partial charge in [0.25, 0.3) is 0 Å². The summed E-state index contributed by atoms with van der Waals surface area (Å²) in [6.07, 6.45) is 7.00. The van der Waals surface area contributed by atoms with Gasteiger partial charge < -0.3 is 24.3 Å². The number of rotatable bonds is 10. The summed E-state index contributed by atoms with van der Waals surface area (Å²) >= 11 is 0. The highest BCUT2D eigenvalue weighted by molar-refractivity contribution is 6.47. The topological polar surface area (TPSA) is 96.3 Å². The van der Waals surface area contributed by atoms with Crippen LogP contribution in [0.3, 0.4) is 0 Å². The van der Waals surface area contributed by atoms with Crippen molar-refractivity contribution in [1.29, 1.82) is 0 Å². The summed E-state index contributed by atoms with van der Waals surface area (Å²) in [5.41, 5.74) is 2.60. The average Bonchev–Trinajstić information content (AvgIpc) is 3.67. The first-order valence-electron chi connectivity index (χ1n) is 18.9. The monoisotopic (exact) mass is 669 g/mol. The molecule has 7 rings (SSSR count). The smallest absolute Gasteiger partial charge is 0.475 e. The van der Waals surface area contributed by atoms with E-state index in [1.54, 1.807) is 0 Å². The normalized spacial score (nSPS) is 31.0. The van der Waals surface area contributed by atoms with E-state index in [0.717, 1.165) is 72.9 Å². The molecule has 4 aliphatic rings. The Bertz CT molecular complexity index is 1570. The number of fused-ring (bicyclic) bond motifs is 2. The van der Waals surface area contributed by atoms with Crippen molar-refractivity contribution in [2.24, 2.45) is 17.3 Å². The number of para-hydroxylation sites is 1. The maximum atomic E-state index is 12.0. The number of nitrogens with one attached hydrogen (secondary N) is 1. The summed E-state index contributed by atoms with van der Waals surface area (Å²) in [6.45, 7) is 11.8. The molecule has 2 aliphatic carbocycles. The number of benzene rings is 2. The second-order valence-corrected chi connectivity index (χ2v) is 16.3. The van der Waals surface area contributed by atoms with Crippen molar-refractivity contribution < 1.29 is 24.3 Å². The number of nitrogens with zero attached hydrogens (tertiary/aromatic N) is 2. The van der Waals surface area contributed by atoms with Gasteiger partial charge >= 0.3 is 7.12 Å². The number of hydrogen-bond acceptors (Lipinski definition) is 8. The lowest BCUT2D eigenvalue weighted by atomic mass is 9.63. The van der Waals surface area contributed by atoms with Gasteiger partial charge in [-0.05, 0) is 68.4 Å². The Hall–Kier alpha value is -2.53. The molecule has 0 amide bonds. The van der Waals surface area contributed by atoms with Gasteiger partial charge in [0.05, 0.1) is 29.0 Å². The van der Waals surface area contributed by atoms with E-state index in [1.165, 1.54) is 6.42 Å². The lowest BCUT2D eigenvalue weighted by Gasteiger charge is -2.47. The molecule has 8 atom stereocenters. The Labute approximate surface area is 293 Å². The van der Waals surface area contributed by atoms with Crippen molar-refractivity contribution in [2.75, 3.05) is 6.54 Å². The van der Waals surface area contributed by atoms with Gasteiger partial charge in [0.2, 0.25) is 0 Å². The maximum absolute atomic E-state index is 12.0. The first-order chi connectivity index (χ1) is 23.5. The lowest BCUT2D eigenvalue weighted by Crippen LogP contribution is -2.57. The first-order valence-corrected chi connectivity index (χ1v) is 18.9. The molecule has 0 radical (unpaired) electrons. The molecule has 4 fully saturated rings. The van der Waals surface area contributed by atoms with Crippen LogP contribution in [-0.4, -0.2) is 76.0 Å². The molecule has 9 heteroatoms. The molecular formula is C40H56BN3O5. The molecule has 8 nitrogen and oxygen atoms in total. The van der Waals surface area contributed by atoms with Crippen LogP contribution >= 0.6 is 0 Å². The van der Waals surface area contributed by atoms with Crippen LogP contribution in [0, 0.1) is 17.3 Å². The molecule has 2 saturated heterocycles. The molecule has 6 unspecified atom stereocenters. The van der Waals surface area contributed by atoms with E-state index in [-0.39, 0.29) is 41.1 Å². The largest absolute Gasteiger partial charge is 0.488 e. The van der Waals surface area contributed by atoms with E-state index in [1.807, 2.05) is 42.5 Å². The van der Waals surface area contributed by atoms with Crippen LogP contribution in [0.1, 0.15) is 92.4 Å². The number of pyridine rings is 1. The second kappa shape index (κ2) is 14.2. The number of aliphatic hydroxyl groups is 2. The Kier molecular flexibility index (Phi) is 10.1. The van der Waals surface area contributed by atoms with E-state index < -0.39 is 19.6 Å². The van der Waals surface area contributed by atoms with Crippen LogP contribution in [0.2, 0.25) is 0 Å². The van der Waals surface area contributed by atoms with Gasteiger partial charge in [0, 0.05) is 35.9 Å². The van der Waals surface area contributed by atoms with Gasteiger partial charge in [0.1, 0.15) is 24.3 Å². The zero-order chi connectivity index (χ0) is 34.3. The fraction of sp³-hybridized carbons (Fsp3) is 0.625. The predicted molar refractivity (Wildman–Crippen MR) is 195 cm³/mol. The molecule has 264 valence electrons. The highest BCUT2D eigenvalue weighted by atomic mass is 16.7. The fourth-order valence-electron chi connectivity index (χ4n) is 9.18. The van der Waals surface area contributed by atoms with Crippen molar-refractivity contribution in [1.82, 2.24) is 15.2 Å². The van der Waals surface area contributed by atoms with Crippen LogP contribution in [-0.2, 0) is 9.31 Å². The molecule has 3 aromatic rings. The van der Waals surface area contributed by atoms with E-state index in [2.05, 4.69) is 63.0 Å².